The van der Waals surface area contributed by atoms with Crippen LogP contribution in [-0.4, -0.2) is 116 Å². The highest BCUT2D eigenvalue weighted by atomic mass is 19.4. The quantitative estimate of drug-likeness (QED) is 0.398. The number of alkyl halides is 9. The molecule has 21 heteroatoms. The van der Waals surface area contributed by atoms with E-state index in [1.54, 1.807) is 12.5 Å². The van der Waals surface area contributed by atoms with Crippen molar-refractivity contribution in [2.24, 2.45) is 0 Å². The number of piperidine rings is 1. The number of likely N-dealkylation sites (tertiary alicyclic amines) is 1. The molecule has 0 saturated carbocycles. The molecule has 2 fully saturated rings. The number of carbonyl (C=O) groups excluding carboxylic acids is 1. The molecule has 2 aromatic rings. The third-order valence-electron chi connectivity index (χ3n) is 6.59. The highest BCUT2D eigenvalue weighted by molar-refractivity contribution is 5.87. The molecule has 2 aromatic heterocycles. The number of piperazine rings is 1. The van der Waals surface area contributed by atoms with Crippen LogP contribution in [-0.2, 0) is 32.3 Å². The third kappa shape index (κ3) is 13.5. The summed E-state index contributed by atoms with van der Waals surface area (Å²) in [5, 5.41) is 21.4. The van der Waals surface area contributed by atoms with E-state index in [1.807, 2.05) is 35.4 Å². The Bertz CT molecular complexity index is 1240. The first-order valence-corrected chi connectivity index (χ1v) is 13.0. The van der Waals surface area contributed by atoms with Crippen molar-refractivity contribution in [3.63, 3.8) is 0 Å². The van der Waals surface area contributed by atoms with E-state index >= 15 is 0 Å². The molecule has 0 unspecified atom stereocenters. The number of rotatable bonds is 4. The van der Waals surface area contributed by atoms with Crippen LogP contribution in [0.25, 0.3) is 0 Å². The van der Waals surface area contributed by atoms with Crippen LogP contribution in [0.4, 0.5) is 39.5 Å². The van der Waals surface area contributed by atoms with E-state index in [4.69, 9.17) is 34.1 Å². The van der Waals surface area contributed by atoms with Crippen molar-refractivity contribution >= 4 is 23.8 Å². The molecule has 4 heterocycles. The number of nitrogens with zero attached hydrogens (tertiary/aromatic N) is 4. The molecule has 0 aliphatic carbocycles. The first-order chi connectivity index (χ1) is 21.5. The van der Waals surface area contributed by atoms with Gasteiger partial charge in [-0.2, -0.15) is 39.5 Å². The maximum absolute atomic E-state index is 13.4. The van der Waals surface area contributed by atoms with Crippen LogP contribution in [0.5, 0.6) is 0 Å². The van der Waals surface area contributed by atoms with Gasteiger partial charge in [0.05, 0.1) is 12.8 Å². The fraction of sp³-hybridized carbons (Fsp3) is 0.500. The zero-order valence-corrected chi connectivity index (χ0v) is 24.3. The number of amides is 1. The van der Waals surface area contributed by atoms with Crippen molar-refractivity contribution in [3.05, 3.63) is 54.2 Å². The third-order valence-corrected chi connectivity index (χ3v) is 6.59. The second-order valence-corrected chi connectivity index (χ2v) is 9.81. The molecule has 1 amide bonds. The van der Waals surface area contributed by atoms with Crippen molar-refractivity contribution in [3.8, 4) is 0 Å². The number of carboxylic acid groups (broad SMARTS) is 3. The lowest BCUT2D eigenvalue weighted by Gasteiger charge is -2.51. The molecule has 264 valence electrons. The van der Waals surface area contributed by atoms with Crippen molar-refractivity contribution in [1.82, 2.24) is 19.7 Å². The Labute approximate surface area is 260 Å². The molecule has 0 radical (unpaired) electrons. The molecule has 0 aromatic carbocycles. The Kier molecular flexibility index (Phi) is 14.7. The minimum Gasteiger partial charge on any atom is -0.475 e. The number of carboxylic acids is 3. The molecule has 0 bridgehead atoms. The Morgan fingerprint density at radius 2 is 1.30 bits per heavy atom. The summed E-state index contributed by atoms with van der Waals surface area (Å²) in [6, 6.07) is 7.91. The van der Waals surface area contributed by atoms with E-state index in [9.17, 15) is 44.3 Å². The first-order valence-electron chi connectivity index (χ1n) is 13.0. The molecule has 4 rings (SSSR count). The van der Waals surface area contributed by atoms with Gasteiger partial charge in [-0.1, -0.05) is 6.07 Å². The van der Waals surface area contributed by atoms with E-state index in [0.717, 1.165) is 56.9 Å². The van der Waals surface area contributed by atoms with Crippen LogP contribution in [0.3, 0.4) is 0 Å². The monoisotopic (exact) mass is 696 g/mol. The molecular formula is C26H29F9N4O8. The second-order valence-electron chi connectivity index (χ2n) is 9.81. The highest BCUT2D eigenvalue weighted by Crippen LogP contribution is 2.34. The molecule has 2 aliphatic heterocycles. The number of furan rings is 1. The predicted molar refractivity (Wildman–Crippen MR) is 139 cm³/mol. The van der Waals surface area contributed by atoms with Gasteiger partial charge in [0.2, 0.25) is 5.91 Å². The number of aromatic nitrogens is 1. The molecule has 2 saturated heterocycles. The average Bonchev–Trinajstić information content (AvgIpc) is 3.48. The molecule has 3 N–H and O–H groups in total. The van der Waals surface area contributed by atoms with Gasteiger partial charge in [-0.15, -0.1) is 0 Å². The van der Waals surface area contributed by atoms with Crippen LogP contribution >= 0.6 is 0 Å². The minimum absolute atomic E-state index is 0.271. The number of likely N-dealkylation sites (N-methyl/N-ethyl adjacent to an activating group) is 1. The van der Waals surface area contributed by atoms with Gasteiger partial charge in [0.15, 0.2) is 0 Å². The topological polar surface area (TPSA) is 165 Å². The second kappa shape index (κ2) is 17.0. The number of hydrogen-bond acceptors (Lipinski definition) is 8. The van der Waals surface area contributed by atoms with Crippen molar-refractivity contribution in [1.29, 1.82) is 0 Å². The zero-order valence-electron chi connectivity index (χ0n) is 24.3. The maximum Gasteiger partial charge on any atom is 0.490 e. The van der Waals surface area contributed by atoms with Gasteiger partial charge in [-0.3, -0.25) is 19.6 Å². The number of halogens is 9. The van der Waals surface area contributed by atoms with Gasteiger partial charge >= 0.3 is 36.4 Å². The maximum atomic E-state index is 13.4. The summed E-state index contributed by atoms with van der Waals surface area (Å²) >= 11 is 0. The van der Waals surface area contributed by atoms with Crippen molar-refractivity contribution in [2.45, 2.75) is 50.0 Å². The molecule has 12 nitrogen and oxygen atoms in total. The van der Waals surface area contributed by atoms with Gasteiger partial charge in [-0.05, 0) is 43.7 Å². The Morgan fingerprint density at radius 1 is 0.809 bits per heavy atom. The lowest BCUT2D eigenvalue weighted by molar-refractivity contribution is -0.193. The van der Waals surface area contributed by atoms with Crippen LogP contribution in [0, 0.1) is 0 Å². The van der Waals surface area contributed by atoms with Gasteiger partial charge in [0.25, 0.3) is 0 Å². The summed E-state index contributed by atoms with van der Waals surface area (Å²) in [4.78, 5) is 50.9. The van der Waals surface area contributed by atoms with Crippen molar-refractivity contribution < 1.29 is 78.4 Å². The van der Waals surface area contributed by atoms with Crippen LogP contribution in [0.2, 0.25) is 0 Å². The summed E-state index contributed by atoms with van der Waals surface area (Å²) in [5.41, 5.74) is 0.732. The summed E-state index contributed by atoms with van der Waals surface area (Å²) in [6.07, 6.45) is -8.18. The van der Waals surface area contributed by atoms with Gasteiger partial charge in [0.1, 0.15) is 11.3 Å². The highest BCUT2D eigenvalue weighted by Gasteiger charge is 2.49. The summed E-state index contributed by atoms with van der Waals surface area (Å²) in [5.74, 6) is -7.01. The van der Waals surface area contributed by atoms with E-state index in [-0.39, 0.29) is 11.4 Å². The van der Waals surface area contributed by atoms with Crippen molar-refractivity contribution in [2.75, 3.05) is 33.2 Å². The largest absolute Gasteiger partial charge is 0.490 e. The smallest absolute Gasteiger partial charge is 0.475 e. The average molecular weight is 697 g/mol. The summed E-state index contributed by atoms with van der Waals surface area (Å²) < 4.78 is 101. The lowest BCUT2D eigenvalue weighted by Crippen LogP contribution is -2.67. The number of carbonyl (C=O) groups is 4. The molecule has 2 aliphatic rings. The number of aliphatic carboxylic acids is 3. The van der Waals surface area contributed by atoms with E-state index in [1.165, 1.54) is 0 Å². The van der Waals surface area contributed by atoms with Gasteiger partial charge in [-0.25, -0.2) is 14.4 Å². The van der Waals surface area contributed by atoms with Crippen LogP contribution in [0.1, 0.15) is 24.2 Å². The molecule has 47 heavy (non-hydrogen) atoms. The van der Waals surface area contributed by atoms with E-state index < -0.39 is 36.4 Å². The predicted octanol–water partition coefficient (Wildman–Crippen LogP) is 3.88. The molecule has 1 spiro atoms. The minimum atomic E-state index is -5.08. The fourth-order valence-corrected chi connectivity index (χ4v) is 4.21. The Morgan fingerprint density at radius 3 is 1.68 bits per heavy atom. The SMILES string of the molecule is CN1CCN(Cc2cccnc2)C(=O)C12CCN(Cc1ccco1)CC2.O=C(O)C(F)(F)F.O=C(O)C(F)(F)F.O=C(O)C(F)(F)F. The van der Waals surface area contributed by atoms with Gasteiger partial charge in [0, 0.05) is 45.1 Å². The standard InChI is InChI=1S/C20H26N4O2.3C2HF3O2/c1-22-11-12-24(15-17-4-2-8-21-14-17)19(25)20(22)6-9-23(10-7-20)16-18-5-3-13-26-18;3*3-2(4,5)1(6)7/h2-5,8,13-14H,6-7,9-12,15-16H2,1H3;3*(H,6,7). The zero-order chi connectivity index (χ0) is 36.2. The summed E-state index contributed by atoms with van der Waals surface area (Å²) in [7, 11) is 2.10. The Balaban J connectivity index is 0.000000430. The first kappa shape index (κ1) is 40.6. The number of hydrogen-bond donors (Lipinski definition) is 3. The van der Waals surface area contributed by atoms with E-state index in [0.29, 0.717) is 6.54 Å². The van der Waals surface area contributed by atoms with Crippen LogP contribution in [0.15, 0.2) is 47.3 Å². The lowest BCUT2D eigenvalue weighted by atomic mass is 9.82. The van der Waals surface area contributed by atoms with E-state index in [2.05, 4.69) is 21.8 Å². The molecular weight excluding hydrogens is 667 g/mol. The van der Waals surface area contributed by atoms with Gasteiger partial charge < -0.3 is 24.6 Å². The normalized spacial score (nSPS) is 16.9. The fourth-order valence-electron chi connectivity index (χ4n) is 4.21. The van der Waals surface area contributed by atoms with Crippen LogP contribution < -0.4 is 0 Å². The summed E-state index contributed by atoms with van der Waals surface area (Å²) in [6.45, 7) is 5.00. The number of pyridine rings is 1. The molecule has 0 atom stereocenters. The Hall–Kier alpha value is -4.40.